The van der Waals surface area contributed by atoms with Crippen molar-refractivity contribution >= 4 is 17.7 Å². The van der Waals surface area contributed by atoms with Gasteiger partial charge in [-0.25, -0.2) is 4.98 Å². The maximum Gasteiger partial charge on any atom is 0.234 e. The summed E-state index contributed by atoms with van der Waals surface area (Å²) in [6.07, 6.45) is 4.45. The zero-order valence-electron chi connectivity index (χ0n) is 15.3. The van der Waals surface area contributed by atoms with Crippen molar-refractivity contribution in [2.45, 2.75) is 75.6 Å². The van der Waals surface area contributed by atoms with Crippen LogP contribution in [0.15, 0.2) is 5.03 Å². The summed E-state index contributed by atoms with van der Waals surface area (Å²) in [5.41, 5.74) is 2.57. The van der Waals surface area contributed by atoms with Gasteiger partial charge in [0.15, 0.2) is 0 Å². The number of carbonyl (C=O) groups is 1. The molecule has 1 heterocycles. The van der Waals surface area contributed by atoms with Gasteiger partial charge in [0.1, 0.15) is 16.6 Å². The van der Waals surface area contributed by atoms with Gasteiger partial charge in [-0.1, -0.05) is 31.0 Å². The molecule has 1 aliphatic rings. The molecule has 25 heavy (non-hydrogen) atoms. The predicted molar refractivity (Wildman–Crippen MR) is 98.1 cm³/mol. The summed E-state index contributed by atoms with van der Waals surface area (Å²) in [7, 11) is 0. The van der Waals surface area contributed by atoms with Crippen molar-refractivity contribution in [2.24, 2.45) is 0 Å². The number of nitrogens with one attached hydrogen (secondary N) is 1. The first kappa shape index (κ1) is 19.3. The fourth-order valence-electron chi connectivity index (χ4n) is 3.11. The van der Waals surface area contributed by atoms with Crippen molar-refractivity contribution in [3.05, 3.63) is 22.4 Å². The molecule has 1 saturated carbocycles. The van der Waals surface area contributed by atoms with Crippen molar-refractivity contribution < 1.29 is 4.79 Å². The Morgan fingerprint density at radius 2 is 1.84 bits per heavy atom. The van der Waals surface area contributed by atoms with E-state index in [2.05, 4.69) is 22.4 Å². The molecule has 1 atom stereocenters. The first-order valence-electron chi connectivity index (χ1n) is 8.61. The highest BCUT2D eigenvalue weighted by Gasteiger charge is 2.35. The second-order valence-corrected chi connectivity index (χ2v) is 8.07. The maximum absolute atomic E-state index is 12.6. The van der Waals surface area contributed by atoms with Gasteiger partial charge in [-0.15, -0.1) is 0 Å². The van der Waals surface area contributed by atoms with E-state index in [0.29, 0.717) is 23.4 Å². The van der Waals surface area contributed by atoms with Crippen LogP contribution in [0.25, 0.3) is 0 Å². The van der Waals surface area contributed by atoms with Gasteiger partial charge in [0.25, 0.3) is 0 Å². The van der Waals surface area contributed by atoms with Crippen LogP contribution in [0.4, 0.5) is 0 Å². The summed E-state index contributed by atoms with van der Waals surface area (Å²) in [6, 6.07) is 4.51. The van der Waals surface area contributed by atoms with E-state index in [0.717, 1.165) is 36.1 Å². The number of nitriles is 2. The molecule has 1 aromatic heterocycles. The summed E-state index contributed by atoms with van der Waals surface area (Å²) >= 11 is 1.28. The van der Waals surface area contributed by atoms with Crippen LogP contribution < -0.4 is 5.32 Å². The number of aromatic nitrogens is 1. The van der Waals surface area contributed by atoms with Crippen molar-refractivity contribution in [2.75, 3.05) is 0 Å². The monoisotopic (exact) mass is 356 g/mol. The number of rotatable bonds is 4. The van der Waals surface area contributed by atoms with Gasteiger partial charge < -0.3 is 5.32 Å². The highest BCUT2D eigenvalue weighted by atomic mass is 32.2. The molecule has 0 aromatic carbocycles. The average Bonchev–Trinajstić information content (AvgIpc) is 2.60. The van der Waals surface area contributed by atoms with E-state index < -0.39 is 10.8 Å². The molecule has 1 N–H and O–H groups in total. The molecule has 0 saturated heterocycles. The topological polar surface area (TPSA) is 89.6 Å². The minimum atomic E-state index is -0.741. The number of carbonyl (C=O) groups excluding carboxylic acids is 1. The molecule has 1 aliphatic carbocycles. The Kier molecular flexibility index (Phi) is 6.08. The number of nitrogens with zero attached hydrogens (tertiary/aromatic N) is 3. The molecule has 0 radical (unpaired) electrons. The van der Waals surface area contributed by atoms with E-state index in [-0.39, 0.29) is 5.91 Å². The van der Waals surface area contributed by atoms with Crippen molar-refractivity contribution in [1.29, 1.82) is 10.5 Å². The molecule has 2 rings (SSSR count). The molecule has 1 amide bonds. The second kappa shape index (κ2) is 7.89. The van der Waals surface area contributed by atoms with E-state index in [1.165, 1.54) is 11.8 Å². The molecular weight excluding hydrogens is 332 g/mol. The molecule has 0 aliphatic heterocycles. The molecule has 132 valence electrons. The summed E-state index contributed by atoms with van der Waals surface area (Å²) < 4.78 is 0. The van der Waals surface area contributed by atoms with Gasteiger partial charge in [-0.2, -0.15) is 10.5 Å². The van der Waals surface area contributed by atoms with Crippen molar-refractivity contribution in [3.8, 4) is 12.1 Å². The van der Waals surface area contributed by atoms with Gasteiger partial charge in [0.05, 0.1) is 16.9 Å². The van der Waals surface area contributed by atoms with E-state index in [1.807, 2.05) is 20.8 Å². The van der Waals surface area contributed by atoms with Gasteiger partial charge in [0.2, 0.25) is 5.91 Å². The van der Waals surface area contributed by atoms with Crippen molar-refractivity contribution in [3.63, 3.8) is 0 Å². The molecule has 5 nitrogen and oxygen atoms in total. The Morgan fingerprint density at radius 3 is 2.40 bits per heavy atom. The standard InChI is InChI=1S/C19H24N4OS/c1-12-13(2)16(10-20)18(22-14(12)3)25-15(4)17(24)23-19(11-21)8-6-5-7-9-19/h15H,5-9H2,1-4H3,(H,23,24)/t15-/m0/s1. The number of pyridine rings is 1. The SMILES string of the molecule is Cc1nc(S[C@@H](C)C(=O)NC2(C#N)CCCCC2)c(C#N)c(C)c1C. The average molecular weight is 356 g/mol. The Labute approximate surface area is 153 Å². The largest absolute Gasteiger partial charge is 0.337 e. The molecular formula is C19H24N4OS. The second-order valence-electron chi connectivity index (χ2n) is 6.74. The molecule has 0 spiro atoms. The van der Waals surface area contributed by atoms with E-state index in [1.54, 1.807) is 6.92 Å². The molecule has 0 unspecified atom stereocenters. The number of aryl methyl sites for hydroxylation is 1. The highest BCUT2D eigenvalue weighted by molar-refractivity contribution is 8.00. The summed E-state index contributed by atoms with van der Waals surface area (Å²) in [6.45, 7) is 7.55. The van der Waals surface area contributed by atoms with E-state index in [4.69, 9.17) is 0 Å². The number of hydrogen-bond acceptors (Lipinski definition) is 5. The van der Waals surface area contributed by atoms with E-state index in [9.17, 15) is 15.3 Å². The lowest BCUT2D eigenvalue weighted by Gasteiger charge is -2.32. The summed E-state index contributed by atoms with van der Waals surface area (Å²) in [4.78, 5) is 17.1. The Balaban J connectivity index is 2.17. The van der Waals surface area contributed by atoms with Gasteiger partial charge in [-0.3, -0.25) is 4.79 Å². The third-order valence-corrected chi connectivity index (χ3v) is 6.10. The molecule has 1 fully saturated rings. The molecule has 1 aromatic rings. The maximum atomic E-state index is 12.6. The normalized spacial score (nSPS) is 17.2. The van der Waals surface area contributed by atoms with Crippen LogP contribution in [0.1, 0.15) is 61.4 Å². The third-order valence-electron chi connectivity index (χ3n) is 5.02. The zero-order chi connectivity index (χ0) is 18.6. The fraction of sp³-hybridized carbons (Fsp3) is 0.579. The Morgan fingerprint density at radius 1 is 1.20 bits per heavy atom. The lowest BCUT2D eigenvalue weighted by Crippen LogP contribution is -2.50. The van der Waals surface area contributed by atoms with Crippen LogP contribution in [-0.2, 0) is 4.79 Å². The lowest BCUT2D eigenvalue weighted by molar-refractivity contribution is -0.121. The highest BCUT2D eigenvalue weighted by Crippen LogP contribution is 2.31. The van der Waals surface area contributed by atoms with Crippen LogP contribution in [-0.4, -0.2) is 21.7 Å². The van der Waals surface area contributed by atoms with Crippen LogP contribution in [0, 0.1) is 43.4 Å². The summed E-state index contributed by atoms with van der Waals surface area (Å²) in [5, 5.41) is 22.1. The van der Waals surface area contributed by atoms with Crippen LogP contribution in [0.3, 0.4) is 0 Å². The first-order valence-corrected chi connectivity index (χ1v) is 9.49. The van der Waals surface area contributed by atoms with Crippen molar-refractivity contribution in [1.82, 2.24) is 10.3 Å². The minimum absolute atomic E-state index is 0.171. The van der Waals surface area contributed by atoms with Crippen LogP contribution in [0.2, 0.25) is 0 Å². The first-order chi connectivity index (χ1) is 11.8. The minimum Gasteiger partial charge on any atom is -0.337 e. The van der Waals surface area contributed by atoms with Crippen LogP contribution >= 0.6 is 11.8 Å². The third kappa shape index (κ3) is 4.14. The quantitative estimate of drug-likeness (QED) is 0.831. The smallest absolute Gasteiger partial charge is 0.234 e. The number of thioether (sulfide) groups is 1. The molecule has 6 heteroatoms. The van der Waals surface area contributed by atoms with Gasteiger partial charge >= 0.3 is 0 Å². The Hall–Kier alpha value is -2.05. The number of amides is 1. The summed E-state index contributed by atoms with van der Waals surface area (Å²) in [5.74, 6) is -0.171. The van der Waals surface area contributed by atoms with Gasteiger partial charge in [0, 0.05) is 5.69 Å². The number of hydrogen-bond donors (Lipinski definition) is 1. The molecule has 0 bridgehead atoms. The predicted octanol–water partition coefficient (Wildman–Crippen LogP) is 3.70. The van der Waals surface area contributed by atoms with Gasteiger partial charge in [-0.05, 0) is 51.7 Å². The lowest BCUT2D eigenvalue weighted by atomic mass is 9.83. The zero-order valence-corrected chi connectivity index (χ0v) is 16.1. The van der Waals surface area contributed by atoms with E-state index >= 15 is 0 Å². The van der Waals surface area contributed by atoms with Crippen LogP contribution in [0.5, 0.6) is 0 Å². The fourth-order valence-corrected chi connectivity index (χ4v) is 4.11. The Bertz CT molecular complexity index is 754.